The number of carbonyl (C=O) groups excluding carboxylic acids is 1. The van der Waals surface area contributed by atoms with Crippen molar-refractivity contribution < 1.29 is 31.1 Å². The highest BCUT2D eigenvalue weighted by Crippen LogP contribution is 2.30. The number of hydrogen-bond donors (Lipinski definition) is 1. The number of ether oxygens (including phenoxy) is 1. The molecule has 0 aliphatic carbocycles. The molecule has 1 aliphatic heterocycles. The molecule has 6 nitrogen and oxygen atoms in total. The number of nitrogens with zero attached hydrogens (tertiary/aromatic N) is 1. The zero-order valence-electron chi connectivity index (χ0n) is 14.9. The van der Waals surface area contributed by atoms with Gasteiger partial charge in [0.05, 0.1) is 10.5 Å². The average Bonchev–Trinajstić information content (AvgIpc) is 2.80. The lowest BCUT2D eigenvalue weighted by Crippen LogP contribution is -2.39. The van der Waals surface area contributed by atoms with Crippen LogP contribution in [0.3, 0.4) is 0 Å². The molecule has 1 aliphatic rings. The number of hydrogen-bond acceptors (Lipinski definition) is 4. The van der Waals surface area contributed by atoms with Crippen molar-refractivity contribution in [1.29, 1.82) is 0 Å². The molecule has 1 heterocycles. The van der Waals surface area contributed by atoms with E-state index < -0.39 is 26.7 Å². The molecule has 0 unspecified atom stereocenters. The first-order valence-electron chi connectivity index (χ1n) is 8.42. The molecule has 156 valence electrons. The van der Waals surface area contributed by atoms with Crippen molar-refractivity contribution >= 4 is 27.5 Å². The van der Waals surface area contributed by atoms with E-state index in [1.807, 2.05) is 0 Å². The Bertz CT molecular complexity index is 1030. The molecule has 0 spiro atoms. The number of nitrogens with one attached hydrogen (secondary N) is 1. The third-order valence-corrected chi connectivity index (χ3v) is 5.93. The number of rotatable bonds is 5. The Labute approximate surface area is 170 Å². The van der Waals surface area contributed by atoms with Crippen LogP contribution in [0.5, 0.6) is 5.75 Å². The summed E-state index contributed by atoms with van der Waals surface area (Å²) in [5.41, 5.74) is -0.391. The van der Waals surface area contributed by atoms with Crippen molar-refractivity contribution in [2.24, 2.45) is 0 Å². The Morgan fingerprint density at radius 1 is 1.17 bits per heavy atom. The Kier molecular flexibility index (Phi) is 6.06. The zero-order valence-corrected chi connectivity index (χ0v) is 16.4. The molecular formula is C18H16ClF3N2O4S. The van der Waals surface area contributed by atoms with Crippen LogP contribution in [0.2, 0.25) is 5.02 Å². The Balaban J connectivity index is 1.68. The van der Waals surface area contributed by atoms with Gasteiger partial charge in [-0.05, 0) is 36.4 Å². The largest absolute Gasteiger partial charge is 0.483 e. The first-order valence-corrected chi connectivity index (χ1v) is 10.3. The van der Waals surface area contributed by atoms with Gasteiger partial charge in [0.2, 0.25) is 10.0 Å². The third kappa shape index (κ3) is 5.20. The van der Waals surface area contributed by atoms with E-state index >= 15 is 0 Å². The highest BCUT2D eigenvalue weighted by Gasteiger charge is 2.31. The van der Waals surface area contributed by atoms with Gasteiger partial charge in [0.25, 0.3) is 5.91 Å². The van der Waals surface area contributed by atoms with E-state index in [9.17, 15) is 26.4 Å². The fourth-order valence-corrected chi connectivity index (χ4v) is 4.04. The predicted molar refractivity (Wildman–Crippen MR) is 99.0 cm³/mol. The summed E-state index contributed by atoms with van der Waals surface area (Å²) < 4.78 is 70.7. The van der Waals surface area contributed by atoms with Gasteiger partial charge in [-0.2, -0.15) is 13.2 Å². The molecule has 0 fully saturated rings. The molecule has 0 bridgehead atoms. The van der Waals surface area contributed by atoms with Gasteiger partial charge in [-0.25, -0.2) is 13.1 Å². The number of amides is 1. The second-order valence-corrected chi connectivity index (χ2v) is 8.48. The Morgan fingerprint density at radius 3 is 2.66 bits per heavy atom. The van der Waals surface area contributed by atoms with Gasteiger partial charge in [-0.1, -0.05) is 17.7 Å². The summed E-state index contributed by atoms with van der Waals surface area (Å²) in [5, 5.41) is 0.465. The van der Waals surface area contributed by atoms with Crippen LogP contribution in [0.4, 0.5) is 13.2 Å². The summed E-state index contributed by atoms with van der Waals surface area (Å²) in [7, 11) is -4.18. The normalized spacial score (nSPS) is 14.9. The van der Waals surface area contributed by atoms with Crippen LogP contribution in [0.15, 0.2) is 47.4 Å². The molecule has 0 atom stereocenters. The first-order chi connectivity index (χ1) is 13.6. The molecule has 1 amide bonds. The number of carbonyl (C=O) groups is 1. The van der Waals surface area contributed by atoms with Crippen LogP contribution >= 0.6 is 11.6 Å². The van der Waals surface area contributed by atoms with Crippen molar-refractivity contribution in [3.63, 3.8) is 0 Å². The maximum Gasteiger partial charge on any atom is 0.416 e. The average molecular weight is 449 g/mol. The maximum atomic E-state index is 12.8. The number of fused-ring (bicyclic) bond motifs is 1. The molecule has 2 aromatic rings. The fraction of sp³-hybridized carbons (Fsp3) is 0.278. The number of benzene rings is 2. The predicted octanol–water partition coefficient (Wildman–Crippen LogP) is 3.06. The first kappa shape index (κ1) is 21.4. The van der Waals surface area contributed by atoms with Gasteiger partial charge in [-0.15, -0.1) is 0 Å². The van der Waals surface area contributed by atoms with Gasteiger partial charge in [0.15, 0.2) is 6.61 Å². The van der Waals surface area contributed by atoms with E-state index in [1.54, 1.807) is 18.2 Å². The lowest BCUT2D eigenvalue weighted by atomic mass is 10.2. The quantitative estimate of drug-likeness (QED) is 0.762. The summed E-state index contributed by atoms with van der Waals surface area (Å²) >= 11 is 5.96. The molecule has 0 saturated carbocycles. The van der Waals surface area contributed by atoms with E-state index in [1.165, 1.54) is 4.90 Å². The minimum Gasteiger partial charge on any atom is -0.483 e. The minimum atomic E-state index is -4.65. The van der Waals surface area contributed by atoms with E-state index in [0.29, 0.717) is 22.4 Å². The smallest absolute Gasteiger partial charge is 0.416 e. The summed E-state index contributed by atoms with van der Waals surface area (Å²) in [6.45, 7) is -0.221. The van der Waals surface area contributed by atoms with Crippen molar-refractivity contribution in [1.82, 2.24) is 9.62 Å². The molecule has 3 rings (SSSR count). The van der Waals surface area contributed by atoms with E-state index in [0.717, 1.165) is 18.2 Å². The van der Waals surface area contributed by atoms with E-state index in [-0.39, 0.29) is 32.1 Å². The number of sulfonamides is 1. The van der Waals surface area contributed by atoms with Crippen molar-refractivity contribution in [2.75, 3.05) is 19.7 Å². The van der Waals surface area contributed by atoms with Crippen LogP contribution in [-0.4, -0.2) is 38.9 Å². The SMILES string of the molecule is O=C1COc2ccc(Cl)cc2CN1CCNS(=O)(=O)c1cccc(C(F)(F)F)c1. The van der Waals surface area contributed by atoms with Crippen molar-refractivity contribution in [3.8, 4) is 5.75 Å². The van der Waals surface area contributed by atoms with Gasteiger partial charge < -0.3 is 9.64 Å². The Hall–Kier alpha value is -2.30. The van der Waals surface area contributed by atoms with Crippen molar-refractivity contribution in [3.05, 3.63) is 58.6 Å². The van der Waals surface area contributed by atoms with Crippen LogP contribution in [0, 0.1) is 0 Å². The van der Waals surface area contributed by atoms with Crippen molar-refractivity contribution in [2.45, 2.75) is 17.6 Å². The van der Waals surface area contributed by atoms with E-state index in [4.69, 9.17) is 16.3 Å². The zero-order chi connectivity index (χ0) is 21.2. The molecule has 29 heavy (non-hydrogen) atoms. The Morgan fingerprint density at radius 2 is 1.93 bits per heavy atom. The number of alkyl halides is 3. The second-order valence-electron chi connectivity index (χ2n) is 6.28. The molecular weight excluding hydrogens is 433 g/mol. The van der Waals surface area contributed by atoms with E-state index in [2.05, 4.69) is 4.72 Å². The molecule has 0 saturated heterocycles. The van der Waals surface area contributed by atoms with Crippen LogP contribution in [-0.2, 0) is 27.5 Å². The highest BCUT2D eigenvalue weighted by molar-refractivity contribution is 7.89. The lowest BCUT2D eigenvalue weighted by molar-refractivity contribution is -0.137. The van der Waals surface area contributed by atoms with Gasteiger partial charge in [0, 0.05) is 30.2 Å². The number of halogens is 4. The standard InChI is InChI=1S/C18H16ClF3N2O4S/c19-14-4-5-16-12(8-14)10-24(17(25)11-28-16)7-6-23-29(26,27)15-3-1-2-13(9-15)18(20,21)22/h1-5,8-9,23H,6-7,10-11H2. The summed E-state index contributed by atoms with van der Waals surface area (Å²) in [6, 6.07) is 8.36. The summed E-state index contributed by atoms with van der Waals surface area (Å²) in [5.74, 6) is 0.158. The third-order valence-electron chi connectivity index (χ3n) is 4.23. The topological polar surface area (TPSA) is 75.7 Å². The fourth-order valence-electron chi connectivity index (χ4n) is 2.78. The van der Waals surface area contributed by atoms with Gasteiger partial charge in [-0.3, -0.25) is 4.79 Å². The summed E-state index contributed by atoms with van der Waals surface area (Å²) in [6.07, 6.45) is -4.65. The second kappa shape index (κ2) is 8.21. The lowest BCUT2D eigenvalue weighted by Gasteiger charge is -2.20. The van der Waals surface area contributed by atoms with Crippen LogP contribution in [0.25, 0.3) is 0 Å². The van der Waals surface area contributed by atoms with Crippen LogP contribution in [0.1, 0.15) is 11.1 Å². The molecule has 2 aromatic carbocycles. The molecule has 11 heteroatoms. The van der Waals surface area contributed by atoms with Gasteiger partial charge in [0.1, 0.15) is 5.75 Å². The molecule has 0 aromatic heterocycles. The monoisotopic (exact) mass is 448 g/mol. The van der Waals surface area contributed by atoms with Gasteiger partial charge >= 0.3 is 6.18 Å². The molecule has 0 radical (unpaired) electrons. The van der Waals surface area contributed by atoms with Crippen LogP contribution < -0.4 is 9.46 Å². The summed E-state index contributed by atoms with van der Waals surface area (Å²) in [4.78, 5) is 13.1. The maximum absolute atomic E-state index is 12.8. The molecule has 1 N–H and O–H groups in total. The highest BCUT2D eigenvalue weighted by atomic mass is 35.5. The minimum absolute atomic E-state index is 0.00629.